The molecule has 126 valence electrons. The van der Waals surface area contributed by atoms with Crippen LogP contribution in [0, 0.1) is 0 Å². The largest absolute Gasteiger partial charge is 0.354 e. The third kappa shape index (κ3) is 4.90. The maximum atomic E-state index is 12.2. The molecule has 6 nitrogen and oxygen atoms in total. The SMILES string of the molecule is CCN1C(=O)C(=C2C=CN(CCCCS(=O)(=O)O)C=C2)SC1=S. The van der Waals surface area contributed by atoms with Gasteiger partial charge in [-0.2, -0.15) is 8.42 Å². The van der Waals surface area contributed by atoms with Crippen LogP contribution in [0.3, 0.4) is 0 Å². The van der Waals surface area contributed by atoms with Crippen LogP contribution in [0.1, 0.15) is 19.8 Å². The van der Waals surface area contributed by atoms with E-state index in [1.54, 1.807) is 4.90 Å². The van der Waals surface area contributed by atoms with E-state index in [2.05, 4.69) is 0 Å². The van der Waals surface area contributed by atoms with E-state index in [-0.39, 0.29) is 11.7 Å². The molecule has 0 spiro atoms. The maximum Gasteiger partial charge on any atom is 0.266 e. The molecule has 0 bridgehead atoms. The molecule has 2 aliphatic heterocycles. The molecule has 23 heavy (non-hydrogen) atoms. The van der Waals surface area contributed by atoms with Gasteiger partial charge in [-0.15, -0.1) is 0 Å². The lowest BCUT2D eigenvalue weighted by molar-refractivity contribution is -0.122. The average molecular weight is 375 g/mol. The van der Waals surface area contributed by atoms with E-state index in [4.69, 9.17) is 16.8 Å². The molecule has 1 amide bonds. The zero-order valence-electron chi connectivity index (χ0n) is 12.6. The summed E-state index contributed by atoms with van der Waals surface area (Å²) in [7, 11) is -3.89. The molecule has 0 radical (unpaired) electrons. The number of allylic oxidation sites excluding steroid dienone is 3. The van der Waals surface area contributed by atoms with E-state index in [9.17, 15) is 13.2 Å². The van der Waals surface area contributed by atoms with Gasteiger partial charge in [0.05, 0.1) is 10.7 Å². The highest BCUT2D eigenvalue weighted by molar-refractivity contribution is 8.26. The number of unbranched alkanes of at least 4 members (excludes halogenated alkanes) is 1. The van der Waals surface area contributed by atoms with Crippen molar-refractivity contribution in [2.45, 2.75) is 19.8 Å². The van der Waals surface area contributed by atoms with Crippen LogP contribution in [0.5, 0.6) is 0 Å². The van der Waals surface area contributed by atoms with Gasteiger partial charge in [0.25, 0.3) is 16.0 Å². The van der Waals surface area contributed by atoms with Crippen LogP contribution in [0.4, 0.5) is 0 Å². The maximum absolute atomic E-state index is 12.2. The number of rotatable bonds is 6. The monoisotopic (exact) mass is 374 g/mol. The Labute approximate surface area is 145 Å². The van der Waals surface area contributed by atoms with Crippen molar-refractivity contribution >= 4 is 44.3 Å². The smallest absolute Gasteiger partial charge is 0.266 e. The van der Waals surface area contributed by atoms with Gasteiger partial charge in [-0.25, -0.2) is 0 Å². The molecule has 9 heteroatoms. The van der Waals surface area contributed by atoms with Gasteiger partial charge in [-0.05, 0) is 37.5 Å². The molecule has 0 aliphatic carbocycles. The number of hydrogen-bond acceptors (Lipinski definition) is 6. The van der Waals surface area contributed by atoms with E-state index in [1.165, 1.54) is 11.8 Å². The first-order chi connectivity index (χ1) is 10.8. The second-order valence-corrected chi connectivity index (χ2v) is 8.28. The number of thioether (sulfide) groups is 1. The van der Waals surface area contributed by atoms with Gasteiger partial charge in [0, 0.05) is 25.5 Å². The topological polar surface area (TPSA) is 77.9 Å². The van der Waals surface area contributed by atoms with Crippen molar-refractivity contribution in [1.29, 1.82) is 0 Å². The molecule has 2 heterocycles. The Kier molecular flexibility index (Phi) is 6.01. The van der Waals surface area contributed by atoms with Crippen molar-refractivity contribution in [2.75, 3.05) is 18.8 Å². The molecule has 0 atom stereocenters. The number of thiocarbonyl (C=S) groups is 1. The summed E-state index contributed by atoms with van der Waals surface area (Å²) in [5.41, 5.74) is 0.826. The standard InChI is InChI=1S/C14H18N2O4S3/c1-2-16-13(17)12(22-14(16)21)11-5-8-15(9-6-11)7-3-4-10-23(18,19)20/h5-6,8-9H,2-4,7,10H2,1H3,(H,18,19,20). The van der Waals surface area contributed by atoms with E-state index in [1.807, 2.05) is 36.4 Å². The highest BCUT2D eigenvalue weighted by Gasteiger charge is 2.32. The van der Waals surface area contributed by atoms with Crippen LogP contribution < -0.4 is 0 Å². The fourth-order valence-corrected chi connectivity index (χ4v) is 4.16. The fourth-order valence-electron chi connectivity index (χ4n) is 2.18. The Bertz CT molecular complexity index is 679. The summed E-state index contributed by atoms with van der Waals surface area (Å²) in [6.07, 6.45) is 8.44. The lowest BCUT2D eigenvalue weighted by Gasteiger charge is -2.19. The number of amides is 1. The van der Waals surface area contributed by atoms with E-state index >= 15 is 0 Å². The number of nitrogens with zero attached hydrogens (tertiary/aromatic N) is 2. The van der Waals surface area contributed by atoms with Gasteiger partial charge in [0.15, 0.2) is 0 Å². The van der Waals surface area contributed by atoms with Crippen molar-refractivity contribution in [3.8, 4) is 0 Å². The molecule has 2 rings (SSSR count). The van der Waals surface area contributed by atoms with Crippen LogP contribution in [0.15, 0.2) is 35.0 Å². The highest BCUT2D eigenvalue weighted by Crippen LogP contribution is 2.34. The third-order valence-electron chi connectivity index (χ3n) is 3.39. The molecule has 0 saturated carbocycles. The van der Waals surface area contributed by atoms with Gasteiger partial charge in [-0.1, -0.05) is 24.0 Å². The van der Waals surface area contributed by atoms with Crippen LogP contribution in [-0.2, 0) is 14.9 Å². The molecule has 1 N–H and O–H groups in total. The first kappa shape index (κ1) is 18.2. The summed E-state index contributed by atoms with van der Waals surface area (Å²) in [5, 5.41) is 0. The summed E-state index contributed by atoms with van der Waals surface area (Å²) in [6.45, 7) is 3.10. The Morgan fingerprint density at radius 3 is 2.43 bits per heavy atom. The number of hydrogen-bond donors (Lipinski definition) is 1. The van der Waals surface area contributed by atoms with E-state index in [0.717, 1.165) is 5.57 Å². The summed E-state index contributed by atoms with van der Waals surface area (Å²) in [5.74, 6) is -0.285. The molecule has 1 saturated heterocycles. The van der Waals surface area contributed by atoms with E-state index < -0.39 is 10.1 Å². The Balaban J connectivity index is 1.92. The van der Waals surface area contributed by atoms with Crippen LogP contribution >= 0.6 is 24.0 Å². The summed E-state index contributed by atoms with van der Waals surface area (Å²) in [4.78, 5) is 16.4. The lowest BCUT2D eigenvalue weighted by atomic mass is 10.2. The number of carbonyl (C=O) groups excluding carboxylic acids is 1. The van der Waals surface area contributed by atoms with Gasteiger partial charge in [0.1, 0.15) is 4.32 Å². The van der Waals surface area contributed by atoms with Crippen molar-refractivity contribution in [3.63, 3.8) is 0 Å². The molecule has 0 unspecified atom stereocenters. The molecule has 0 aromatic rings. The summed E-state index contributed by atoms with van der Waals surface area (Å²) in [6, 6.07) is 0. The van der Waals surface area contributed by atoms with Crippen LogP contribution in [0.2, 0.25) is 0 Å². The minimum atomic E-state index is -3.89. The Hall–Kier alpha value is -1.16. The zero-order chi connectivity index (χ0) is 17.0. The quantitative estimate of drug-likeness (QED) is 0.330. The fraction of sp³-hybridized carbons (Fsp3) is 0.429. The molecule has 1 fully saturated rings. The number of carbonyl (C=O) groups is 1. The van der Waals surface area contributed by atoms with Crippen molar-refractivity contribution in [2.24, 2.45) is 0 Å². The summed E-state index contributed by atoms with van der Waals surface area (Å²) >= 11 is 6.50. The highest BCUT2D eigenvalue weighted by atomic mass is 32.2. The van der Waals surface area contributed by atoms with Crippen molar-refractivity contribution < 1.29 is 17.8 Å². The van der Waals surface area contributed by atoms with Crippen LogP contribution in [0.25, 0.3) is 0 Å². The first-order valence-electron chi connectivity index (χ1n) is 7.17. The van der Waals surface area contributed by atoms with E-state index in [0.29, 0.717) is 35.2 Å². The minimum absolute atomic E-state index is 0.0617. The second kappa shape index (κ2) is 7.61. The van der Waals surface area contributed by atoms with Gasteiger partial charge < -0.3 is 4.90 Å². The van der Waals surface area contributed by atoms with Gasteiger partial charge in [0.2, 0.25) is 0 Å². The molecular formula is C14H18N2O4S3. The average Bonchev–Trinajstić information content (AvgIpc) is 2.78. The van der Waals surface area contributed by atoms with Gasteiger partial charge in [-0.3, -0.25) is 14.2 Å². The summed E-state index contributed by atoms with van der Waals surface area (Å²) < 4.78 is 30.5. The third-order valence-corrected chi connectivity index (χ3v) is 5.67. The second-order valence-electron chi connectivity index (χ2n) is 5.06. The Morgan fingerprint density at radius 2 is 1.91 bits per heavy atom. The van der Waals surface area contributed by atoms with Crippen LogP contribution in [-0.4, -0.2) is 51.8 Å². The van der Waals surface area contributed by atoms with Crippen molar-refractivity contribution in [3.05, 3.63) is 35.0 Å². The number of likely N-dealkylation sites (N-methyl/N-ethyl adjacent to an activating group) is 1. The van der Waals surface area contributed by atoms with Gasteiger partial charge >= 0.3 is 0 Å². The lowest BCUT2D eigenvalue weighted by Crippen LogP contribution is -2.27. The van der Waals surface area contributed by atoms with Crippen molar-refractivity contribution in [1.82, 2.24) is 9.80 Å². The molecular weight excluding hydrogens is 356 g/mol. The molecule has 0 aromatic carbocycles. The Morgan fingerprint density at radius 1 is 1.26 bits per heavy atom. The molecule has 0 aromatic heterocycles. The predicted molar refractivity (Wildman–Crippen MR) is 95.2 cm³/mol. The normalized spacial score (nSPS) is 18.5. The zero-order valence-corrected chi connectivity index (χ0v) is 15.1. The molecule has 2 aliphatic rings. The first-order valence-corrected chi connectivity index (χ1v) is 10.0. The predicted octanol–water partition coefficient (Wildman–Crippen LogP) is 2.13. The minimum Gasteiger partial charge on any atom is -0.354 e.